The lowest BCUT2D eigenvalue weighted by molar-refractivity contribution is 0.0829. The number of guanidine groups is 1. The molecule has 1 fully saturated rings. The van der Waals surface area contributed by atoms with Gasteiger partial charge in [-0.05, 0) is 25.2 Å². The first kappa shape index (κ1) is 10.8. The maximum absolute atomic E-state index is 6.01. The van der Waals surface area contributed by atoms with E-state index in [1.54, 1.807) is 0 Å². The zero-order valence-electron chi connectivity index (χ0n) is 10.00. The Balaban J connectivity index is 2.19. The molecule has 1 aliphatic carbocycles. The molecule has 1 spiro atoms. The van der Waals surface area contributed by atoms with Gasteiger partial charge in [-0.1, -0.05) is 26.7 Å². The van der Waals surface area contributed by atoms with E-state index >= 15 is 0 Å². The van der Waals surface area contributed by atoms with E-state index in [-0.39, 0.29) is 5.54 Å². The molecule has 1 heterocycles. The van der Waals surface area contributed by atoms with Gasteiger partial charge in [0.2, 0.25) is 0 Å². The predicted octanol–water partition coefficient (Wildman–Crippen LogP) is 1.98. The summed E-state index contributed by atoms with van der Waals surface area (Å²) in [5.74, 6) is 1.52. The topological polar surface area (TPSA) is 41.6 Å². The molecular weight excluding hydrogens is 186 g/mol. The maximum atomic E-state index is 6.01. The molecule has 1 saturated carbocycles. The average Bonchev–Trinajstić information content (AvgIpc) is 2.53. The number of nitrogens with zero attached hydrogens (tertiary/aromatic N) is 2. The number of rotatable bonds is 2. The van der Waals surface area contributed by atoms with Crippen molar-refractivity contribution in [2.45, 2.75) is 51.5 Å². The summed E-state index contributed by atoms with van der Waals surface area (Å²) in [6.07, 6.45) is 6.49. The lowest BCUT2D eigenvalue weighted by Crippen LogP contribution is -2.56. The molecule has 0 aromatic carbocycles. The normalized spacial score (nSPS) is 36.0. The third kappa shape index (κ3) is 1.62. The number of hydrogen-bond acceptors (Lipinski definition) is 3. The molecule has 2 N–H and O–H groups in total. The third-order valence-electron chi connectivity index (χ3n) is 4.19. The van der Waals surface area contributed by atoms with Crippen molar-refractivity contribution in [2.75, 3.05) is 13.1 Å². The highest BCUT2D eigenvalue weighted by molar-refractivity contribution is 5.81. The van der Waals surface area contributed by atoms with Crippen molar-refractivity contribution in [1.29, 1.82) is 0 Å². The Morgan fingerprint density at radius 2 is 2.33 bits per heavy atom. The van der Waals surface area contributed by atoms with Gasteiger partial charge in [-0.15, -0.1) is 0 Å². The molecule has 2 rings (SSSR count). The summed E-state index contributed by atoms with van der Waals surface area (Å²) < 4.78 is 0. The summed E-state index contributed by atoms with van der Waals surface area (Å²) >= 11 is 0. The number of hydrogen-bond donors (Lipinski definition) is 1. The van der Waals surface area contributed by atoms with Gasteiger partial charge in [0.05, 0.1) is 12.1 Å². The van der Waals surface area contributed by atoms with Crippen molar-refractivity contribution >= 4 is 5.96 Å². The van der Waals surface area contributed by atoms with E-state index in [1.807, 2.05) is 0 Å². The van der Waals surface area contributed by atoms with Gasteiger partial charge >= 0.3 is 0 Å². The molecule has 2 atom stereocenters. The molecule has 2 aliphatic rings. The van der Waals surface area contributed by atoms with Crippen LogP contribution in [0.4, 0.5) is 0 Å². The maximum Gasteiger partial charge on any atom is 0.191 e. The largest absolute Gasteiger partial charge is 0.370 e. The number of nitrogens with two attached hydrogens (primary N) is 1. The van der Waals surface area contributed by atoms with Crippen LogP contribution in [0.1, 0.15) is 46.0 Å². The Morgan fingerprint density at radius 1 is 1.53 bits per heavy atom. The van der Waals surface area contributed by atoms with Crippen molar-refractivity contribution in [2.24, 2.45) is 16.6 Å². The Hall–Kier alpha value is -0.730. The Bertz CT molecular complexity index is 262. The van der Waals surface area contributed by atoms with Gasteiger partial charge in [0.1, 0.15) is 0 Å². The van der Waals surface area contributed by atoms with E-state index in [2.05, 4.69) is 23.7 Å². The molecule has 0 saturated heterocycles. The first-order chi connectivity index (χ1) is 7.20. The van der Waals surface area contributed by atoms with Gasteiger partial charge in [-0.2, -0.15) is 0 Å². The highest BCUT2D eigenvalue weighted by Gasteiger charge is 2.46. The third-order valence-corrected chi connectivity index (χ3v) is 4.19. The first-order valence-electron chi connectivity index (χ1n) is 6.28. The van der Waals surface area contributed by atoms with Crippen LogP contribution in [0.25, 0.3) is 0 Å². The lowest BCUT2D eigenvalue weighted by atomic mass is 9.73. The second kappa shape index (κ2) is 4.03. The second-order valence-corrected chi connectivity index (χ2v) is 5.08. The summed E-state index contributed by atoms with van der Waals surface area (Å²) in [6.45, 7) is 6.59. The highest BCUT2D eigenvalue weighted by atomic mass is 15.4. The van der Waals surface area contributed by atoms with E-state index in [0.29, 0.717) is 0 Å². The quantitative estimate of drug-likeness (QED) is 0.755. The fourth-order valence-electron chi connectivity index (χ4n) is 3.21. The summed E-state index contributed by atoms with van der Waals surface area (Å²) in [4.78, 5) is 6.87. The highest BCUT2D eigenvalue weighted by Crippen LogP contribution is 2.41. The minimum absolute atomic E-state index is 0.276. The summed E-state index contributed by atoms with van der Waals surface area (Å²) in [7, 11) is 0. The van der Waals surface area contributed by atoms with Crippen LogP contribution >= 0.6 is 0 Å². The molecule has 2 unspecified atom stereocenters. The molecule has 0 aromatic heterocycles. The molecule has 0 radical (unpaired) electrons. The van der Waals surface area contributed by atoms with Crippen molar-refractivity contribution in [3.63, 3.8) is 0 Å². The zero-order valence-corrected chi connectivity index (χ0v) is 10.00. The van der Waals surface area contributed by atoms with Gasteiger partial charge in [-0.3, -0.25) is 4.99 Å². The van der Waals surface area contributed by atoms with Crippen LogP contribution < -0.4 is 5.73 Å². The van der Waals surface area contributed by atoms with Crippen LogP contribution in [0.5, 0.6) is 0 Å². The fourth-order valence-corrected chi connectivity index (χ4v) is 3.21. The van der Waals surface area contributed by atoms with Crippen molar-refractivity contribution in [3.05, 3.63) is 0 Å². The average molecular weight is 209 g/mol. The minimum Gasteiger partial charge on any atom is -0.370 e. The Kier molecular flexibility index (Phi) is 2.89. The van der Waals surface area contributed by atoms with Crippen molar-refractivity contribution < 1.29 is 0 Å². The van der Waals surface area contributed by atoms with E-state index in [9.17, 15) is 0 Å². The smallest absolute Gasteiger partial charge is 0.191 e. The summed E-state index contributed by atoms with van der Waals surface area (Å²) in [5.41, 5.74) is 6.28. The SMILES string of the molecule is CCCN1C(N)=NCC12CCCCC2C. The second-order valence-electron chi connectivity index (χ2n) is 5.08. The molecular formula is C12H23N3. The van der Waals surface area contributed by atoms with Crippen molar-refractivity contribution in [3.8, 4) is 0 Å². The number of aliphatic imine (C=N–C) groups is 1. The van der Waals surface area contributed by atoms with Crippen LogP contribution in [0.2, 0.25) is 0 Å². The summed E-state index contributed by atoms with van der Waals surface area (Å²) in [5, 5.41) is 0. The lowest BCUT2D eigenvalue weighted by Gasteiger charge is -2.46. The minimum atomic E-state index is 0.276. The van der Waals surface area contributed by atoms with Crippen LogP contribution in [-0.2, 0) is 0 Å². The molecule has 3 heteroatoms. The van der Waals surface area contributed by atoms with E-state index in [1.165, 1.54) is 25.7 Å². The van der Waals surface area contributed by atoms with Gasteiger partial charge in [-0.25, -0.2) is 0 Å². The van der Waals surface area contributed by atoms with E-state index in [4.69, 9.17) is 5.73 Å². The zero-order chi connectivity index (χ0) is 10.9. The molecule has 15 heavy (non-hydrogen) atoms. The van der Waals surface area contributed by atoms with E-state index < -0.39 is 0 Å². The van der Waals surface area contributed by atoms with Gasteiger partial charge in [0, 0.05) is 6.54 Å². The van der Waals surface area contributed by atoms with Crippen LogP contribution in [-0.4, -0.2) is 29.5 Å². The first-order valence-corrected chi connectivity index (χ1v) is 6.28. The standard InChI is InChI=1S/C12H23N3/c1-3-8-15-11(13)14-9-12(15)7-5-4-6-10(12)2/h10H,3-9H2,1-2H3,(H2,13,14). The van der Waals surface area contributed by atoms with Crippen LogP contribution in [0, 0.1) is 5.92 Å². The van der Waals surface area contributed by atoms with E-state index in [0.717, 1.165) is 31.4 Å². The summed E-state index contributed by atoms with van der Waals surface area (Å²) in [6, 6.07) is 0. The molecule has 1 aliphatic heterocycles. The Labute approximate surface area is 92.7 Å². The van der Waals surface area contributed by atoms with Crippen molar-refractivity contribution in [1.82, 2.24) is 4.90 Å². The van der Waals surface area contributed by atoms with Gasteiger partial charge in [0.25, 0.3) is 0 Å². The molecule has 0 amide bonds. The van der Waals surface area contributed by atoms with Gasteiger partial charge in [0.15, 0.2) is 5.96 Å². The van der Waals surface area contributed by atoms with Crippen LogP contribution in [0.3, 0.4) is 0 Å². The predicted molar refractivity (Wildman–Crippen MR) is 63.8 cm³/mol. The Morgan fingerprint density at radius 3 is 3.00 bits per heavy atom. The monoisotopic (exact) mass is 209 g/mol. The molecule has 3 nitrogen and oxygen atoms in total. The van der Waals surface area contributed by atoms with Gasteiger partial charge < -0.3 is 10.6 Å². The molecule has 0 bridgehead atoms. The molecule has 0 aromatic rings. The fraction of sp³-hybridized carbons (Fsp3) is 0.917. The molecule has 86 valence electrons. The van der Waals surface area contributed by atoms with Crippen LogP contribution in [0.15, 0.2) is 4.99 Å².